The highest BCUT2D eigenvalue weighted by atomic mass is 16.6. The molecule has 0 aliphatic carbocycles. The summed E-state index contributed by atoms with van der Waals surface area (Å²) >= 11 is 0. The minimum Gasteiger partial charge on any atom is -0.475 e. The van der Waals surface area contributed by atoms with Crippen LogP contribution in [0.4, 0.5) is 5.69 Å². The number of carbonyl (C=O) groups is 1. The van der Waals surface area contributed by atoms with E-state index in [1.807, 2.05) is 6.07 Å². The highest BCUT2D eigenvalue weighted by Gasteiger charge is 2.21. The van der Waals surface area contributed by atoms with Crippen LogP contribution in [0.25, 0.3) is 11.5 Å². The maximum Gasteiger partial charge on any atom is 0.373 e. The zero-order valence-electron chi connectivity index (χ0n) is 12.4. The molecule has 2 aromatic carbocycles. The molecule has 0 aliphatic rings. The van der Waals surface area contributed by atoms with Gasteiger partial charge in [-0.15, -0.1) is 0 Å². The van der Waals surface area contributed by atoms with Gasteiger partial charge in [0, 0.05) is 24.1 Å². The van der Waals surface area contributed by atoms with Gasteiger partial charge < -0.3 is 9.52 Å². The summed E-state index contributed by atoms with van der Waals surface area (Å²) < 4.78 is 5.37. The Labute approximate surface area is 136 Å². The number of hydrogen-bond acceptors (Lipinski definition) is 5. The molecule has 0 amide bonds. The lowest BCUT2D eigenvalue weighted by molar-refractivity contribution is -0.384. The van der Waals surface area contributed by atoms with Crippen LogP contribution >= 0.6 is 0 Å². The molecule has 1 aromatic heterocycles. The average molecular weight is 324 g/mol. The molecular weight excluding hydrogens is 312 g/mol. The highest BCUT2D eigenvalue weighted by Crippen LogP contribution is 2.24. The maximum atomic E-state index is 11.4. The van der Waals surface area contributed by atoms with E-state index in [1.165, 1.54) is 12.1 Å². The maximum absolute atomic E-state index is 11.4. The van der Waals surface area contributed by atoms with Crippen molar-refractivity contribution in [3.05, 3.63) is 81.7 Å². The Morgan fingerprint density at radius 2 is 1.92 bits per heavy atom. The van der Waals surface area contributed by atoms with Crippen LogP contribution in [0.3, 0.4) is 0 Å². The Morgan fingerprint density at radius 3 is 2.58 bits per heavy atom. The van der Waals surface area contributed by atoms with E-state index in [1.54, 1.807) is 36.4 Å². The van der Waals surface area contributed by atoms with Gasteiger partial charge in [-0.3, -0.25) is 10.1 Å². The van der Waals surface area contributed by atoms with E-state index in [9.17, 15) is 20.0 Å². The van der Waals surface area contributed by atoms with Crippen molar-refractivity contribution in [2.24, 2.45) is 0 Å². The van der Waals surface area contributed by atoms with Crippen LogP contribution in [-0.2, 0) is 6.42 Å². The Morgan fingerprint density at radius 1 is 1.17 bits per heavy atom. The zero-order valence-corrected chi connectivity index (χ0v) is 12.4. The van der Waals surface area contributed by atoms with Gasteiger partial charge in [0.2, 0.25) is 11.7 Å². The second kappa shape index (κ2) is 6.33. The number of nitro groups is 1. The summed E-state index contributed by atoms with van der Waals surface area (Å²) in [5.41, 5.74) is 1.41. The fourth-order valence-corrected chi connectivity index (χ4v) is 2.32. The van der Waals surface area contributed by atoms with Crippen LogP contribution in [-0.4, -0.2) is 21.0 Å². The molecule has 120 valence electrons. The van der Waals surface area contributed by atoms with E-state index in [-0.39, 0.29) is 29.5 Å². The van der Waals surface area contributed by atoms with Gasteiger partial charge in [-0.25, -0.2) is 9.78 Å². The molecule has 0 radical (unpaired) electrons. The Hall–Kier alpha value is -3.48. The monoisotopic (exact) mass is 324 g/mol. The van der Waals surface area contributed by atoms with Crippen LogP contribution in [0.2, 0.25) is 0 Å². The quantitative estimate of drug-likeness (QED) is 0.568. The number of non-ortho nitro benzene ring substituents is 1. The van der Waals surface area contributed by atoms with Gasteiger partial charge in [0.15, 0.2) is 0 Å². The molecule has 1 heterocycles. The van der Waals surface area contributed by atoms with E-state index in [0.29, 0.717) is 11.1 Å². The number of aromatic nitrogens is 1. The molecule has 3 rings (SSSR count). The van der Waals surface area contributed by atoms with Gasteiger partial charge in [0.1, 0.15) is 0 Å². The van der Waals surface area contributed by atoms with E-state index in [0.717, 1.165) is 0 Å². The molecule has 7 nitrogen and oxygen atoms in total. The van der Waals surface area contributed by atoms with E-state index in [4.69, 9.17) is 4.42 Å². The normalized spacial score (nSPS) is 10.5. The molecule has 7 heteroatoms. The first-order valence-corrected chi connectivity index (χ1v) is 7.06. The molecular formula is C17H12N2O5. The second-order valence-corrected chi connectivity index (χ2v) is 5.07. The van der Waals surface area contributed by atoms with Crippen molar-refractivity contribution in [3.8, 4) is 11.5 Å². The van der Waals surface area contributed by atoms with Crippen molar-refractivity contribution in [2.75, 3.05) is 0 Å². The number of nitrogens with zero attached hydrogens (tertiary/aromatic N) is 2. The Balaban J connectivity index is 1.98. The average Bonchev–Trinajstić information content (AvgIpc) is 3.00. The number of carboxylic acids is 1. The predicted molar refractivity (Wildman–Crippen MR) is 84.8 cm³/mol. The van der Waals surface area contributed by atoms with Gasteiger partial charge in [0.25, 0.3) is 5.69 Å². The summed E-state index contributed by atoms with van der Waals surface area (Å²) in [6.07, 6.45) is 0.125. The molecule has 1 N–H and O–H groups in total. The number of hydrogen-bond donors (Lipinski definition) is 1. The molecule has 0 atom stereocenters. The van der Waals surface area contributed by atoms with Crippen LogP contribution in [0.5, 0.6) is 0 Å². The molecule has 0 aliphatic heterocycles. The van der Waals surface area contributed by atoms with E-state index < -0.39 is 10.9 Å². The lowest BCUT2D eigenvalue weighted by Gasteiger charge is -1.99. The lowest BCUT2D eigenvalue weighted by Crippen LogP contribution is -2.01. The first-order chi connectivity index (χ1) is 11.5. The summed E-state index contributed by atoms with van der Waals surface area (Å²) in [6, 6.07) is 14.9. The Kier molecular flexibility index (Phi) is 4.07. The zero-order chi connectivity index (χ0) is 17.1. The standard InChI is InChI=1S/C17H12N2O5/c20-17(21)15-14(10-11-5-4-8-13(9-11)19(22)23)18-16(24-15)12-6-2-1-3-7-12/h1-9H,10H2,(H,20,21). The summed E-state index contributed by atoms with van der Waals surface area (Å²) in [5, 5.41) is 20.2. The van der Waals surface area contributed by atoms with Crippen molar-refractivity contribution in [2.45, 2.75) is 6.42 Å². The van der Waals surface area contributed by atoms with Gasteiger partial charge in [-0.1, -0.05) is 30.3 Å². The predicted octanol–water partition coefficient (Wildman–Crippen LogP) is 3.54. The number of benzene rings is 2. The van der Waals surface area contributed by atoms with E-state index in [2.05, 4.69) is 4.98 Å². The van der Waals surface area contributed by atoms with Gasteiger partial charge in [-0.05, 0) is 17.7 Å². The first kappa shape index (κ1) is 15.4. The van der Waals surface area contributed by atoms with Crippen molar-refractivity contribution < 1.29 is 19.2 Å². The summed E-state index contributed by atoms with van der Waals surface area (Å²) in [7, 11) is 0. The highest BCUT2D eigenvalue weighted by molar-refractivity contribution is 5.86. The molecule has 3 aromatic rings. The fraction of sp³-hybridized carbons (Fsp3) is 0.0588. The number of oxazole rings is 1. The first-order valence-electron chi connectivity index (χ1n) is 7.06. The van der Waals surface area contributed by atoms with Crippen LogP contribution in [0.15, 0.2) is 59.0 Å². The van der Waals surface area contributed by atoms with Crippen LogP contribution in [0, 0.1) is 10.1 Å². The molecule has 0 saturated carbocycles. The third kappa shape index (κ3) is 3.14. The van der Waals surface area contributed by atoms with Crippen molar-refractivity contribution in [1.29, 1.82) is 0 Å². The summed E-state index contributed by atoms with van der Waals surface area (Å²) in [6.45, 7) is 0. The second-order valence-electron chi connectivity index (χ2n) is 5.07. The van der Waals surface area contributed by atoms with Gasteiger partial charge in [-0.2, -0.15) is 0 Å². The largest absolute Gasteiger partial charge is 0.475 e. The number of rotatable bonds is 5. The minimum atomic E-state index is -1.23. The number of carboxylic acid groups (broad SMARTS) is 1. The lowest BCUT2D eigenvalue weighted by atomic mass is 10.1. The minimum absolute atomic E-state index is 0.0591. The molecule has 0 saturated heterocycles. The fourth-order valence-electron chi connectivity index (χ4n) is 2.32. The Bertz CT molecular complexity index is 902. The van der Waals surface area contributed by atoms with Gasteiger partial charge in [0.05, 0.1) is 10.6 Å². The molecule has 0 bridgehead atoms. The summed E-state index contributed by atoms with van der Waals surface area (Å²) in [5.74, 6) is -1.29. The number of aromatic carboxylic acids is 1. The van der Waals surface area contributed by atoms with Gasteiger partial charge >= 0.3 is 5.97 Å². The molecule has 0 spiro atoms. The van der Waals surface area contributed by atoms with Crippen molar-refractivity contribution >= 4 is 11.7 Å². The van der Waals surface area contributed by atoms with Crippen LogP contribution < -0.4 is 0 Å². The smallest absolute Gasteiger partial charge is 0.373 e. The van der Waals surface area contributed by atoms with Crippen molar-refractivity contribution in [3.63, 3.8) is 0 Å². The molecule has 24 heavy (non-hydrogen) atoms. The third-order valence-electron chi connectivity index (χ3n) is 3.41. The SMILES string of the molecule is O=C(O)c1oc(-c2ccccc2)nc1Cc1cccc([N+](=O)[O-])c1. The molecule has 0 fully saturated rings. The number of nitro benzene ring substituents is 1. The van der Waals surface area contributed by atoms with Crippen LogP contribution in [0.1, 0.15) is 21.8 Å². The molecule has 0 unspecified atom stereocenters. The topological polar surface area (TPSA) is 106 Å². The van der Waals surface area contributed by atoms with Crippen molar-refractivity contribution in [1.82, 2.24) is 4.98 Å². The summed E-state index contributed by atoms with van der Waals surface area (Å²) in [4.78, 5) is 26.0. The third-order valence-corrected chi connectivity index (χ3v) is 3.41. The van der Waals surface area contributed by atoms with E-state index >= 15 is 0 Å².